The highest BCUT2D eigenvalue weighted by Crippen LogP contribution is 2.40. The van der Waals surface area contributed by atoms with E-state index in [1.165, 1.54) is 30.9 Å². The summed E-state index contributed by atoms with van der Waals surface area (Å²) in [7, 11) is 0. The van der Waals surface area contributed by atoms with Gasteiger partial charge in [0, 0.05) is 30.1 Å². The lowest BCUT2D eigenvalue weighted by atomic mass is 10.3. The third kappa shape index (κ3) is 2.43. The Hall–Kier alpha value is -2.44. The number of anilines is 1. The van der Waals surface area contributed by atoms with Crippen LogP contribution < -0.4 is 4.90 Å². The number of nitrogens with one attached hydrogen (secondary N) is 1. The van der Waals surface area contributed by atoms with Crippen molar-refractivity contribution in [1.29, 1.82) is 0 Å². The first-order valence-electron chi connectivity index (χ1n) is 7.44. The number of rotatable bonds is 4. The van der Waals surface area contributed by atoms with Crippen LogP contribution in [-0.4, -0.2) is 31.7 Å². The molecule has 1 fully saturated rings. The van der Waals surface area contributed by atoms with Crippen LogP contribution >= 0.6 is 0 Å². The fourth-order valence-electron chi connectivity index (χ4n) is 2.60. The molecule has 4 rings (SSSR count). The molecule has 0 saturated heterocycles. The lowest BCUT2D eigenvalue weighted by Gasteiger charge is -2.24. The van der Waals surface area contributed by atoms with Gasteiger partial charge in [0.25, 0.3) is 0 Å². The van der Waals surface area contributed by atoms with Gasteiger partial charge in [0.15, 0.2) is 17.5 Å². The average molecular weight is 300 g/mol. The van der Waals surface area contributed by atoms with Crippen LogP contribution in [0.25, 0.3) is 0 Å². The Bertz CT molecular complexity index is 690. The standard InChI is InChI=1S/C15H17FN6/c1-10(15-17-7-12(16)8-18-15)21-4-5-22(9-21)14-6-13(19-20-14)11-2-3-11/h4-8,10-11H,2-3,9H2,1H3,(H,19,20)/t10-/m0/s1. The van der Waals surface area contributed by atoms with Gasteiger partial charge >= 0.3 is 0 Å². The summed E-state index contributed by atoms with van der Waals surface area (Å²) in [5.74, 6) is 1.77. The molecule has 2 aromatic rings. The van der Waals surface area contributed by atoms with E-state index in [0.29, 0.717) is 18.4 Å². The predicted molar refractivity (Wildman–Crippen MR) is 79.3 cm³/mol. The summed E-state index contributed by atoms with van der Waals surface area (Å²) in [4.78, 5) is 12.3. The Morgan fingerprint density at radius 2 is 2.05 bits per heavy atom. The number of halogens is 1. The Balaban J connectivity index is 1.45. The van der Waals surface area contributed by atoms with Gasteiger partial charge in [0.2, 0.25) is 0 Å². The maximum atomic E-state index is 12.9. The molecule has 0 unspecified atom stereocenters. The molecule has 114 valence electrons. The minimum atomic E-state index is -0.418. The largest absolute Gasteiger partial charge is 0.348 e. The van der Waals surface area contributed by atoms with Crippen molar-refractivity contribution in [3.05, 3.63) is 48.2 Å². The molecule has 1 saturated carbocycles. The summed E-state index contributed by atoms with van der Waals surface area (Å²) in [6.45, 7) is 2.68. The maximum Gasteiger partial charge on any atom is 0.159 e. The molecule has 2 aromatic heterocycles. The third-order valence-corrected chi connectivity index (χ3v) is 4.16. The van der Waals surface area contributed by atoms with Gasteiger partial charge in [-0.05, 0) is 19.8 Å². The zero-order valence-electron chi connectivity index (χ0n) is 12.3. The van der Waals surface area contributed by atoms with E-state index in [-0.39, 0.29) is 6.04 Å². The second-order valence-electron chi connectivity index (χ2n) is 5.81. The zero-order valence-corrected chi connectivity index (χ0v) is 12.3. The topological polar surface area (TPSA) is 60.9 Å². The number of hydrogen-bond acceptors (Lipinski definition) is 5. The van der Waals surface area contributed by atoms with Crippen molar-refractivity contribution in [1.82, 2.24) is 25.1 Å². The van der Waals surface area contributed by atoms with E-state index in [1.54, 1.807) is 0 Å². The molecular formula is C15H17FN6. The Morgan fingerprint density at radius 3 is 2.77 bits per heavy atom. The van der Waals surface area contributed by atoms with Crippen LogP contribution in [-0.2, 0) is 0 Å². The molecule has 1 aliphatic carbocycles. The summed E-state index contributed by atoms with van der Waals surface area (Å²) in [6, 6.07) is 2.09. The number of hydrogen-bond donors (Lipinski definition) is 1. The molecule has 0 aromatic carbocycles. The maximum absolute atomic E-state index is 12.9. The van der Waals surface area contributed by atoms with Crippen LogP contribution in [0.5, 0.6) is 0 Å². The second-order valence-corrected chi connectivity index (χ2v) is 5.81. The molecule has 0 spiro atoms. The van der Waals surface area contributed by atoms with E-state index in [4.69, 9.17) is 0 Å². The summed E-state index contributed by atoms with van der Waals surface area (Å²) in [5.41, 5.74) is 1.22. The molecule has 7 heteroatoms. The molecular weight excluding hydrogens is 283 g/mol. The quantitative estimate of drug-likeness (QED) is 0.940. The third-order valence-electron chi connectivity index (χ3n) is 4.16. The van der Waals surface area contributed by atoms with E-state index in [2.05, 4.69) is 36.0 Å². The number of aromatic nitrogens is 4. The van der Waals surface area contributed by atoms with Gasteiger partial charge in [0.1, 0.15) is 0 Å². The molecule has 1 aliphatic heterocycles. The summed E-state index contributed by atoms with van der Waals surface area (Å²) < 4.78 is 12.9. The SMILES string of the molecule is C[C@@H](c1ncc(F)cn1)N1C=CN(c2cc(C3CC3)[nH]n2)C1. The molecule has 0 radical (unpaired) electrons. The van der Waals surface area contributed by atoms with Crippen LogP contribution in [0.2, 0.25) is 0 Å². The highest BCUT2D eigenvalue weighted by Gasteiger charge is 2.27. The summed E-state index contributed by atoms with van der Waals surface area (Å²) >= 11 is 0. The van der Waals surface area contributed by atoms with Crippen molar-refractivity contribution in [3.8, 4) is 0 Å². The number of aromatic amines is 1. The minimum absolute atomic E-state index is 0.0244. The van der Waals surface area contributed by atoms with Crippen LogP contribution in [0.4, 0.5) is 10.2 Å². The van der Waals surface area contributed by atoms with Crippen LogP contribution in [0.15, 0.2) is 30.9 Å². The van der Waals surface area contributed by atoms with Gasteiger partial charge in [-0.25, -0.2) is 14.4 Å². The highest BCUT2D eigenvalue weighted by molar-refractivity contribution is 5.45. The van der Waals surface area contributed by atoms with E-state index in [1.807, 2.05) is 19.3 Å². The van der Waals surface area contributed by atoms with Gasteiger partial charge < -0.3 is 9.80 Å². The van der Waals surface area contributed by atoms with Crippen LogP contribution in [0, 0.1) is 5.82 Å². The lowest BCUT2D eigenvalue weighted by molar-refractivity contribution is 0.309. The van der Waals surface area contributed by atoms with Gasteiger partial charge in [-0.2, -0.15) is 5.10 Å². The Labute approximate surface area is 127 Å². The van der Waals surface area contributed by atoms with Gasteiger partial charge in [-0.15, -0.1) is 0 Å². The van der Waals surface area contributed by atoms with E-state index >= 15 is 0 Å². The van der Waals surface area contributed by atoms with Gasteiger partial charge in [-0.1, -0.05) is 0 Å². The summed E-state index contributed by atoms with van der Waals surface area (Å²) in [5, 5.41) is 7.50. The van der Waals surface area contributed by atoms with E-state index in [0.717, 1.165) is 5.82 Å². The first-order valence-corrected chi connectivity index (χ1v) is 7.44. The molecule has 2 aliphatic rings. The fourth-order valence-corrected chi connectivity index (χ4v) is 2.60. The van der Waals surface area contributed by atoms with Crippen molar-refractivity contribution in [2.75, 3.05) is 11.6 Å². The van der Waals surface area contributed by atoms with Crippen molar-refractivity contribution in [2.24, 2.45) is 0 Å². The monoisotopic (exact) mass is 300 g/mol. The molecule has 1 N–H and O–H groups in total. The fraction of sp³-hybridized carbons (Fsp3) is 0.400. The molecule has 6 nitrogen and oxygen atoms in total. The Morgan fingerprint density at radius 1 is 1.27 bits per heavy atom. The Kier molecular flexibility index (Phi) is 3.06. The van der Waals surface area contributed by atoms with Crippen molar-refractivity contribution in [2.45, 2.75) is 31.7 Å². The minimum Gasteiger partial charge on any atom is -0.348 e. The van der Waals surface area contributed by atoms with Crippen LogP contribution in [0.3, 0.4) is 0 Å². The normalized spacial score (nSPS) is 19.0. The van der Waals surface area contributed by atoms with Crippen LogP contribution in [0.1, 0.15) is 43.2 Å². The molecule has 1 atom stereocenters. The molecule has 22 heavy (non-hydrogen) atoms. The summed E-state index contributed by atoms with van der Waals surface area (Å²) in [6.07, 6.45) is 8.89. The lowest BCUT2D eigenvalue weighted by Crippen LogP contribution is -2.28. The molecule has 0 bridgehead atoms. The van der Waals surface area contributed by atoms with Crippen molar-refractivity contribution < 1.29 is 4.39 Å². The molecule has 3 heterocycles. The van der Waals surface area contributed by atoms with E-state index in [9.17, 15) is 4.39 Å². The smallest absolute Gasteiger partial charge is 0.159 e. The molecule has 0 amide bonds. The van der Waals surface area contributed by atoms with Crippen molar-refractivity contribution in [3.63, 3.8) is 0 Å². The van der Waals surface area contributed by atoms with Gasteiger partial charge in [0.05, 0.1) is 25.1 Å². The predicted octanol–water partition coefficient (Wildman–Crippen LogP) is 2.53. The van der Waals surface area contributed by atoms with Gasteiger partial charge in [-0.3, -0.25) is 5.10 Å². The van der Waals surface area contributed by atoms with Crippen molar-refractivity contribution >= 4 is 5.82 Å². The first-order chi connectivity index (χ1) is 10.7. The van der Waals surface area contributed by atoms with E-state index < -0.39 is 5.82 Å². The first kappa shape index (κ1) is 13.2. The number of nitrogens with zero attached hydrogens (tertiary/aromatic N) is 5. The second kappa shape index (κ2) is 5.08. The number of H-pyrrole nitrogens is 1. The average Bonchev–Trinajstić information content (AvgIpc) is 3.07. The zero-order chi connectivity index (χ0) is 15.1. The highest BCUT2D eigenvalue weighted by atomic mass is 19.1.